The van der Waals surface area contributed by atoms with Crippen molar-refractivity contribution in [2.45, 2.75) is 0 Å². The molecule has 0 amide bonds. The molecule has 0 radical (unpaired) electrons. The average molecular weight is 288 g/mol. The van der Waals surface area contributed by atoms with Gasteiger partial charge in [0.1, 0.15) is 5.75 Å². The number of hydrogen-bond donors (Lipinski definition) is 1. The Morgan fingerprint density at radius 1 is 0.727 bits per heavy atom. The normalized spacial score (nSPS) is 10.9. The maximum atomic E-state index is 10.5. The fraction of sp³-hybridized carbons (Fsp3) is 0. The lowest BCUT2D eigenvalue weighted by Gasteiger charge is -2.04. The van der Waals surface area contributed by atoms with Gasteiger partial charge in [0.15, 0.2) is 0 Å². The van der Waals surface area contributed by atoms with E-state index in [2.05, 4.69) is 10.2 Å². The van der Waals surface area contributed by atoms with Gasteiger partial charge in [0.2, 0.25) is 5.89 Å². The largest absolute Gasteiger partial charge is 0.506 e. The molecule has 0 aliphatic carbocycles. The van der Waals surface area contributed by atoms with Crippen LogP contribution >= 0.6 is 0 Å². The van der Waals surface area contributed by atoms with Crippen LogP contribution in [-0.2, 0) is 0 Å². The molecule has 4 rings (SSSR count). The highest BCUT2D eigenvalue weighted by Gasteiger charge is 2.15. The van der Waals surface area contributed by atoms with E-state index in [0.717, 1.165) is 16.3 Å². The smallest absolute Gasteiger partial charge is 0.251 e. The summed E-state index contributed by atoms with van der Waals surface area (Å²) in [4.78, 5) is 0. The number of aromatic nitrogens is 2. The van der Waals surface area contributed by atoms with Gasteiger partial charge < -0.3 is 9.52 Å². The fourth-order valence-electron chi connectivity index (χ4n) is 2.46. The zero-order valence-electron chi connectivity index (χ0n) is 11.6. The molecule has 0 fully saturated rings. The van der Waals surface area contributed by atoms with Gasteiger partial charge in [-0.3, -0.25) is 0 Å². The van der Waals surface area contributed by atoms with Gasteiger partial charge in [-0.25, -0.2) is 0 Å². The SMILES string of the molecule is Oc1c(-c2nnc(-c3ccccc3)o2)ccc2ccccc12. The van der Waals surface area contributed by atoms with Crippen molar-refractivity contribution in [3.8, 4) is 28.7 Å². The minimum absolute atomic E-state index is 0.154. The first-order valence-electron chi connectivity index (χ1n) is 6.93. The number of rotatable bonds is 2. The lowest BCUT2D eigenvalue weighted by atomic mass is 10.1. The molecular weight excluding hydrogens is 276 g/mol. The minimum atomic E-state index is 0.154. The van der Waals surface area contributed by atoms with Crippen LogP contribution in [0.15, 0.2) is 71.1 Å². The Bertz CT molecular complexity index is 946. The summed E-state index contributed by atoms with van der Waals surface area (Å²) in [6.07, 6.45) is 0. The Morgan fingerprint density at radius 2 is 1.45 bits per heavy atom. The van der Waals surface area contributed by atoms with Crippen molar-refractivity contribution in [3.63, 3.8) is 0 Å². The predicted molar refractivity (Wildman–Crippen MR) is 84.3 cm³/mol. The third-order valence-electron chi connectivity index (χ3n) is 3.58. The van der Waals surface area contributed by atoms with Gasteiger partial charge >= 0.3 is 0 Å². The molecule has 1 N–H and O–H groups in total. The maximum Gasteiger partial charge on any atom is 0.251 e. The second-order valence-corrected chi connectivity index (χ2v) is 4.96. The van der Waals surface area contributed by atoms with E-state index < -0.39 is 0 Å². The second kappa shape index (κ2) is 5.00. The van der Waals surface area contributed by atoms with Crippen LogP contribution in [0.2, 0.25) is 0 Å². The van der Waals surface area contributed by atoms with Crippen LogP contribution in [0.3, 0.4) is 0 Å². The molecule has 4 heteroatoms. The molecule has 4 nitrogen and oxygen atoms in total. The van der Waals surface area contributed by atoms with Gasteiger partial charge in [-0.15, -0.1) is 10.2 Å². The van der Waals surface area contributed by atoms with Crippen molar-refractivity contribution >= 4 is 10.8 Å². The van der Waals surface area contributed by atoms with Crippen molar-refractivity contribution in [2.24, 2.45) is 0 Å². The van der Waals surface area contributed by atoms with Gasteiger partial charge in [-0.05, 0) is 23.6 Å². The van der Waals surface area contributed by atoms with Crippen LogP contribution in [0.5, 0.6) is 5.75 Å². The van der Waals surface area contributed by atoms with E-state index in [0.29, 0.717) is 17.3 Å². The highest BCUT2D eigenvalue weighted by Crippen LogP contribution is 2.35. The van der Waals surface area contributed by atoms with Crippen molar-refractivity contribution in [3.05, 3.63) is 66.7 Å². The zero-order chi connectivity index (χ0) is 14.9. The third kappa shape index (κ3) is 2.02. The van der Waals surface area contributed by atoms with E-state index in [9.17, 15) is 5.11 Å². The van der Waals surface area contributed by atoms with Gasteiger partial charge in [0, 0.05) is 10.9 Å². The van der Waals surface area contributed by atoms with Gasteiger partial charge in [-0.1, -0.05) is 48.5 Å². The lowest BCUT2D eigenvalue weighted by molar-refractivity contribution is 0.479. The van der Waals surface area contributed by atoms with E-state index in [4.69, 9.17) is 4.42 Å². The molecule has 0 saturated heterocycles. The van der Waals surface area contributed by atoms with Crippen LogP contribution in [0.1, 0.15) is 0 Å². The number of phenolic OH excluding ortho intramolecular Hbond substituents is 1. The Labute approximate surface area is 126 Å². The van der Waals surface area contributed by atoms with Crippen LogP contribution in [0, 0.1) is 0 Å². The number of aromatic hydroxyl groups is 1. The summed E-state index contributed by atoms with van der Waals surface area (Å²) in [6, 6.07) is 20.9. The molecule has 1 heterocycles. The van der Waals surface area contributed by atoms with Crippen LogP contribution < -0.4 is 0 Å². The standard InChI is InChI=1S/C18H12N2O2/c21-16-14-9-5-4-6-12(14)10-11-15(16)18-20-19-17(22-18)13-7-2-1-3-8-13/h1-11,21H. The summed E-state index contributed by atoms with van der Waals surface area (Å²) in [5.41, 5.74) is 1.38. The molecule has 3 aromatic carbocycles. The summed E-state index contributed by atoms with van der Waals surface area (Å²) in [5.74, 6) is 0.895. The fourth-order valence-corrected chi connectivity index (χ4v) is 2.46. The summed E-state index contributed by atoms with van der Waals surface area (Å²) in [6.45, 7) is 0. The molecule has 0 saturated carbocycles. The molecular formula is C18H12N2O2. The number of benzene rings is 3. The average Bonchev–Trinajstić information content (AvgIpc) is 3.06. The minimum Gasteiger partial charge on any atom is -0.506 e. The van der Waals surface area contributed by atoms with Gasteiger partial charge in [-0.2, -0.15) is 0 Å². The lowest BCUT2D eigenvalue weighted by Crippen LogP contribution is -1.81. The summed E-state index contributed by atoms with van der Waals surface area (Å²) in [5, 5.41) is 20.3. The van der Waals surface area contributed by atoms with Crippen molar-refractivity contribution in [1.29, 1.82) is 0 Å². The molecule has 22 heavy (non-hydrogen) atoms. The predicted octanol–water partition coefficient (Wildman–Crippen LogP) is 4.26. The van der Waals surface area contributed by atoms with Gasteiger partial charge in [0.05, 0.1) is 5.56 Å². The molecule has 0 atom stereocenters. The first kappa shape index (κ1) is 12.6. The molecule has 0 aliphatic heterocycles. The first-order chi connectivity index (χ1) is 10.8. The summed E-state index contributed by atoms with van der Waals surface area (Å²) in [7, 11) is 0. The summed E-state index contributed by atoms with van der Waals surface area (Å²) < 4.78 is 5.70. The topological polar surface area (TPSA) is 59.2 Å². The Balaban J connectivity index is 1.83. The molecule has 0 spiro atoms. The quantitative estimate of drug-likeness (QED) is 0.598. The van der Waals surface area contributed by atoms with Gasteiger partial charge in [0.25, 0.3) is 5.89 Å². The van der Waals surface area contributed by atoms with Crippen LogP contribution in [-0.4, -0.2) is 15.3 Å². The van der Waals surface area contributed by atoms with Crippen LogP contribution in [0.4, 0.5) is 0 Å². The highest BCUT2D eigenvalue weighted by atomic mass is 16.4. The molecule has 1 aromatic heterocycles. The second-order valence-electron chi connectivity index (χ2n) is 4.96. The van der Waals surface area contributed by atoms with E-state index in [-0.39, 0.29) is 5.75 Å². The Hall–Kier alpha value is -3.14. The van der Waals surface area contributed by atoms with E-state index >= 15 is 0 Å². The van der Waals surface area contributed by atoms with Crippen LogP contribution in [0.25, 0.3) is 33.7 Å². The molecule has 106 valence electrons. The summed E-state index contributed by atoms with van der Waals surface area (Å²) >= 11 is 0. The number of fused-ring (bicyclic) bond motifs is 1. The maximum absolute atomic E-state index is 10.5. The molecule has 0 unspecified atom stereocenters. The molecule has 4 aromatic rings. The highest BCUT2D eigenvalue weighted by molar-refractivity contribution is 5.93. The zero-order valence-corrected chi connectivity index (χ0v) is 11.6. The number of phenols is 1. The van der Waals surface area contributed by atoms with E-state index in [1.54, 1.807) is 6.07 Å². The molecule has 0 aliphatic rings. The number of nitrogens with zero attached hydrogens (tertiary/aromatic N) is 2. The van der Waals surface area contributed by atoms with Crippen molar-refractivity contribution in [1.82, 2.24) is 10.2 Å². The first-order valence-corrected chi connectivity index (χ1v) is 6.93. The Morgan fingerprint density at radius 3 is 2.32 bits per heavy atom. The van der Waals surface area contributed by atoms with E-state index in [1.807, 2.05) is 60.7 Å². The van der Waals surface area contributed by atoms with Crippen molar-refractivity contribution < 1.29 is 9.52 Å². The molecule has 0 bridgehead atoms. The Kier molecular flexibility index (Phi) is 2.86. The number of hydrogen-bond acceptors (Lipinski definition) is 4. The third-order valence-corrected chi connectivity index (χ3v) is 3.58. The van der Waals surface area contributed by atoms with E-state index in [1.165, 1.54) is 0 Å². The van der Waals surface area contributed by atoms with Crippen molar-refractivity contribution in [2.75, 3.05) is 0 Å². The monoisotopic (exact) mass is 288 g/mol.